The molecule has 3 heterocycles. The van der Waals surface area contributed by atoms with E-state index in [9.17, 15) is 0 Å². The fraction of sp³-hybridized carbons (Fsp3) is 0.100. The van der Waals surface area contributed by atoms with E-state index in [-0.39, 0.29) is 0 Å². The third kappa shape index (κ3) is 1.34. The summed E-state index contributed by atoms with van der Waals surface area (Å²) >= 11 is 3.36. The molecule has 0 bridgehead atoms. The van der Waals surface area contributed by atoms with Gasteiger partial charge in [0.2, 0.25) is 0 Å². The fourth-order valence-electron chi connectivity index (χ4n) is 1.63. The van der Waals surface area contributed by atoms with Gasteiger partial charge in [-0.25, -0.2) is 14.6 Å². The van der Waals surface area contributed by atoms with Gasteiger partial charge in [0.25, 0.3) is 0 Å². The monoisotopic (exact) mass is 277 g/mol. The van der Waals surface area contributed by atoms with Crippen LogP contribution in [0.1, 0.15) is 0 Å². The maximum atomic E-state index is 4.33. The van der Waals surface area contributed by atoms with Crippen molar-refractivity contribution in [2.24, 2.45) is 7.05 Å². The Bertz CT molecular complexity index is 654. The standard InChI is InChI=1S/C10H8BrN5/c1-15-6-13-9-8(15)2-3-12-10(9)16-5-7(11)4-14-16/h2-6H,1H3. The maximum Gasteiger partial charge on any atom is 0.181 e. The van der Waals surface area contributed by atoms with Crippen molar-refractivity contribution in [1.82, 2.24) is 24.3 Å². The summed E-state index contributed by atoms with van der Waals surface area (Å²) in [5.41, 5.74) is 1.89. The Kier molecular flexibility index (Phi) is 2.03. The van der Waals surface area contributed by atoms with Crippen LogP contribution in [0.15, 0.2) is 35.5 Å². The summed E-state index contributed by atoms with van der Waals surface area (Å²) in [7, 11) is 1.96. The largest absolute Gasteiger partial charge is 0.334 e. The van der Waals surface area contributed by atoms with E-state index in [1.54, 1.807) is 23.4 Å². The van der Waals surface area contributed by atoms with E-state index < -0.39 is 0 Å². The summed E-state index contributed by atoms with van der Waals surface area (Å²) in [5, 5.41) is 4.20. The molecule has 3 aromatic rings. The van der Waals surface area contributed by atoms with Gasteiger partial charge in [0.05, 0.1) is 22.5 Å². The number of rotatable bonds is 1. The summed E-state index contributed by atoms with van der Waals surface area (Å²) < 4.78 is 4.58. The first kappa shape index (κ1) is 9.53. The van der Waals surface area contributed by atoms with Gasteiger partial charge in [0.1, 0.15) is 5.52 Å². The Morgan fingerprint density at radius 2 is 2.19 bits per heavy atom. The molecule has 0 radical (unpaired) electrons. The van der Waals surface area contributed by atoms with Gasteiger partial charge >= 0.3 is 0 Å². The first-order valence-corrected chi connectivity index (χ1v) is 5.51. The molecule has 0 aliphatic rings. The van der Waals surface area contributed by atoms with Gasteiger partial charge in [-0.3, -0.25) is 0 Å². The Hall–Kier alpha value is -1.69. The lowest BCUT2D eigenvalue weighted by molar-refractivity contribution is 0.853. The molecule has 6 heteroatoms. The van der Waals surface area contributed by atoms with Crippen LogP contribution in [0.3, 0.4) is 0 Å². The van der Waals surface area contributed by atoms with Crippen molar-refractivity contribution >= 4 is 27.0 Å². The highest BCUT2D eigenvalue weighted by atomic mass is 79.9. The molecule has 5 nitrogen and oxygen atoms in total. The number of hydrogen-bond donors (Lipinski definition) is 0. The van der Waals surface area contributed by atoms with Gasteiger partial charge in [-0.15, -0.1) is 0 Å². The van der Waals surface area contributed by atoms with Crippen LogP contribution >= 0.6 is 15.9 Å². The minimum absolute atomic E-state index is 0.740. The van der Waals surface area contributed by atoms with Crippen LogP contribution in [0.4, 0.5) is 0 Å². The zero-order valence-electron chi connectivity index (χ0n) is 8.50. The summed E-state index contributed by atoms with van der Waals surface area (Å²) in [4.78, 5) is 8.64. The van der Waals surface area contributed by atoms with Crippen molar-refractivity contribution in [3.05, 3.63) is 35.5 Å². The van der Waals surface area contributed by atoms with Gasteiger partial charge in [-0.2, -0.15) is 5.10 Å². The van der Waals surface area contributed by atoms with Crippen LogP contribution in [0, 0.1) is 0 Å². The molecule has 0 aliphatic carbocycles. The maximum absolute atomic E-state index is 4.33. The molecule has 0 N–H and O–H groups in total. The molecular weight excluding hydrogens is 270 g/mol. The lowest BCUT2D eigenvalue weighted by atomic mass is 10.4. The van der Waals surface area contributed by atoms with Crippen LogP contribution in [-0.2, 0) is 7.05 Å². The second kappa shape index (κ2) is 3.41. The molecule has 0 aromatic carbocycles. The molecule has 0 aliphatic heterocycles. The van der Waals surface area contributed by atoms with Gasteiger partial charge in [-0.05, 0) is 22.0 Å². The van der Waals surface area contributed by atoms with Gasteiger partial charge in [-0.1, -0.05) is 0 Å². The number of aryl methyl sites for hydroxylation is 1. The van der Waals surface area contributed by atoms with Crippen molar-refractivity contribution in [2.45, 2.75) is 0 Å². The molecule has 0 saturated heterocycles. The van der Waals surface area contributed by atoms with Crippen LogP contribution in [0.5, 0.6) is 0 Å². The van der Waals surface area contributed by atoms with E-state index in [4.69, 9.17) is 0 Å². The fourth-order valence-corrected chi connectivity index (χ4v) is 1.92. The zero-order valence-corrected chi connectivity index (χ0v) is 10.1. The molecule has 0 fully saturated rings. The first-order chi connectivity index (χ1) is 7.75. The number of nitrogens with zero attached hydrogens (tertiary/aromatic N) is 5. The molecule has 0 atom stereocenters. The Morgan fingerprint density at radius 3 is 2.94 bits per heavy atom. The Balaban J connectivity index is 2.31. The van der Waals surface area contributed by atoms with Gasteiger partial charge in [0.15, 0.2) is 5.82 Å². The van der Waals surface area contributed by atoms with Crippen molar-refractivity contribution in [2.75, 3.05) is 0 Å². The van der Waals surface area contributed by atoms with Crippen molar-refractivity contribution in [1.29, 1.82) is 0 Å². The van der Waals surface area contributed by atoms with Crippen LogP contribution < -0.4 is 0 Å². The normalized spacial score (nSPS) is 11.1. The van der Waals surface area contributed by atoms with E-state index >= 15 is 0 Å². The number of halogens is 1. The Labute approximate surface area is 99.9 Å². The van der Waals surface area contributed by atoms with Crippen molar-refractivity contribution in [3.8, 4) is 5.82 Å². The van der Waals surface area contributed by atoms with Crippen LogP contribution in [0.2, 0.25) is 0 Å². The van der Waals surface area contributed by atoms with E-state index in [1.165, 1.54) is 0 Å². The first-order valence-electron chi connectivity index (χ1n) is 4.72. The third-order valence-electron chi connectivity index (χ3n) is 2.39. The number of fused-ring (bicyclic) bond motifs is 1. The van der Waals surface area contributed by atoms with Crippen molar-refractivity contribution in [3.63, 3.8) is 0 Å². The van der Waals surface area contributed by atoms with Crippen LogP contribution in [-0.4, -0.2) is 24.3 Å². The van der Waals surface area contributed by atoms with E-state index in [2.05, 4.69) is 31.0 Å². The molecule has 0 unspecified atom stereocenters. The summed E-state index contributed by atoms with van der Waals surface area (Å²) in [6.07, 6.45) is 7.11. The topological polar surface area (TPSA) is 48.5 Å². The average molecular weight is 278 g/mol. The summed E-state index contributed by atoms with van der Waals surface area (Å²) in [6, 6.07) is 1.93. The second-order valence-corrected chi connectivity index (χ2v) is 4.38. The summed E-state index contributed by atoms with van der Waals surface area (Å²) in [6.45, 7) is 0. The number of pyridine rings is 1. The molecule has 3 aromatic heterocycles. The van der Waals surface area contributed by atoms with E-state index in [0.29, 0.717) is 0 Å². The SMILES string of the molecule is Cn1cnc2c(-n3cc(Br)cn3)nccc21. The quantitative estimate of drug-likeness (QED) is 0.683. The smallest absolute Gasteiger partial charge is 0.181 e. The van der Waals surface area contributed by atoms with E-state index in [1.807, 2.05) is 23.9 Å². The second-order valence-electron chi connectivity index (χ2n) is 3.46. The third-order valence-corrected chi connectivity index (χ3v) is 2.80. The minimum Gasteiger partial charge on any atom is -0.334 e. The predicted molar refractivity (Wildman–Crippen MR) is 63.3 cm³/mol. The van der Waals surface area contributed by atoms with Crippen molar-refractivity contribution < 1.29 is 0 Å². The van der Waals surface area contributed by atoms with Gasteiger partial charge < -0.3 is 4.57 Å². The lowest BCUT2D eigenvalue weighted by Gasteiger charge is -2.01. The molecule has 0 amide bonds. The van der Waals surface area contributed by atoms with E-state index in [0.717, 1.165) is 21.3 Å². The highest BCUT2D eigenvalue weighted by Crippen LogP contribution is 2.18. The molecular formula is C10H8BrN5. The van der Waals surface area contributed by atoms with Gasteiger partial charge in [0, 0.05) is 19.4 Å². The van der Waals surface area contributed by atoms with Crippen LogP contribution in [0.25, 0.3) is 16.9 Å². The highest BCUT2D eigenvalue weighted by Gasteiger charge is 2.09. The molecule has 16 heavy (non-hydrogen) atoms. The number of imidazole rings is 1. The lowest BCUT2D eigenvalue weighted by Crippen LogP contribution is -1.98. The molecule has 3 rings (SSSR count). The molecule has 0 spiro atoms. The molecule has 0 saturated carbocycles. The summed E-state index contributed by atoms with van der Waals surface area (Å²) in [5.74, 6) is 0.740. The predicted octanol–water partition coefficient (Wildman–Crippen LogP) is 1.92. The zero-order chi connectivity index (χ0) is 11.1. The molecule has 80 valence electrons. The highest BCUT2D eigenvalue weighted by molar-refractivity contribution is 9.10. The Morgan fingerprint density at radius 1 is 1.31 bits per heavy atom. The average Bonchev–Trinajstić information content (AvgIpc) is 2.86. The number of aromatic nitrogens is 5. The minimum atomic E-state index is 0.740. The number of hydrogen-bond acceptors (Lipinski definition) is 3.